The molecule has 0 heterocycles. The Labute approximate surface area is 92.5 Å². The Morgan fingerprint density at radius 2 is 1.93 bits per heavy atom. The van der Waals surface area contributed by atoms with E-state index in [1.807, 2.05) is 12.1 Å². The summed E-state index contributed by atoms with van der Waals surface area (Å²) in [5, 5.41) is 9.39. The van der Waals surface area contributed by atoms with Crippen molar-refractivity contribution in [3.05, 3.63) is 42.0 Å². The first-order valence-electron chi connectivity index (χ1n) is 5.61. The highest BCUT2D eigenvalue weighted by Crippen LogP contribution is 2.17. The third-order valence-electron chi connectivity index (χ3n) is 2.65. The molecule has 1 aromatic carbocycles. The third-order valence-corrected chi connectivity index (χ3v) is 2.65. The summed E-state index contributed by atoms with van der Waals surface area (Å²) >= 11 is 0. The topological polar surface area (TPSA) is 20.2 Å². The van der Waals surface area contributed by atoms with Crippen molar-refractivity contribution in [3.63, 3.8) is 0 Å². The van der Waals surface area contributed by atoms with Crippen LogP contribution in [0.25, 0.3) is 5.57 Å². The normalized spacial score (nSPS) is 12.5. The summed E-state index contributed by atoms with van der Waals surface area (Å²) in [6, 6.07) is 8.33. The molecule has 0 spiro atoms. The largest absolute Gasteiger partial charge is 0.389 e. The molecule has 1 atom stereocenters. The monoisotopic (exact) mass is 204 g/mol. The average Bonchev–Trinajstić information content (AvgIpc) is 2.26. The molecule has 0 saturated heterocycles. The van der Waals surface area contributed by atoms with E-state index < -0.39 is 6.10 Å². The number of hydrogen-bond donors (Lipinski definition) is 1. The Morgan fingerprint density at radius 3 is 2.40 bits per heavy atom. The lowest BCUT2D eigenvalue weighted by Crippen LogP contribution is -2.02. The summed E-state index contributed by atoms with van der Waals surface area (Å²) in [6.45, 7) is 7.81. The van der Waals surface area contributed by atoms with Gasteiger partial charge in [-0.15, -0.1) is 0 Å². The van der Waals surface area contributed by atoms with Gasteiger partial charge in [0.05, 0.1) is 6.10 Å². The summed E-state index contributed by atoms with van der Waals surface area (Å²) in [5.41, 5.74) is 3.18. The molecule has 1 heteroatoms. The van der Waals surface area contributed by atoms with Crippen molar-refractivity contribution in [2.24, 2.45) is 0 Å². The Bertz CT molecular complexity index is 309. The van der Waals surface area contributed by atoms with Gasteiger partial charge in [0.15, 0.2) is 0 Å². The number of rotatable bonds is 5. The SMILES string of the molecule is C=C(c1ccc(CCCC)cc1)C(C)O. The van der Waals surface area contributed by atoms with Crippen molar-refractivity contribution in [1.29, 1.82) is 0 Å². The van der Waals surface area contributed by atoms with Crippen LogP contribution < -0.4 is 0 Å². The lowest BCUT2D eigenvalue weighted by Gasteiger charge is -2.09. The van der Waals surface area contributed by atoms with Crippen molar-refractivity contribution >= 4 is 5.57 Å². The molecule has 1 unspecified atom stereocenters. The van der Waals surface area contributed by atoms with Crippen molar-refractivity contribution in [2.45, 2.75) is 39.2 Å². The Balaban J connectivity index is 2.68. The van der Waals surface area contributed by atoms with E-state index in [0.717, 1.165) is 17.6 Å². The lowest BCUT2D eigenvalue weighted by atomic mass is 10.0. The van der Waals surface area contributed by atoms with E-state index >= 15 is 0 Å². The summed E-state index contributed by atoms with van der Waals surface area (Å²) in [6.07, 6.45) is 3.13. The van der Waals surface area contributed by atoms with Gasteiger partial charge >= 0.3 is 0 Å². The zero-order chi connectivity index (χ0) is 11.3. The fourth-order valence-corrected chi connectivity index (χ4v) is 1.51. The van der Waals surface area contributed by atoms with Crippen LogP contribution >= 0.6 is 0 Å². The molecule has 0 aromatic heterocycles. The minimum Gasteiger partial charge on any atom is -0.389 e. The molecule has 0 radical (unpaired) electrons. The van der Waals surface area contributed by atoms with Crippen LogP contribution in [0, 0.1) is 0 Å². The molecule has 82 valence electrons. The molecule has 0 aliphatic rings. The van der Waals surface area contributed by atoms with E-state index in [4.69, 9.17) is 0 Å². The smallest absolute Gasteiger partial charge is 0.0762 e. The summed E-state index contributed by atoms with van der Waals surface area (Å²) < 4.78 is 0. The minimum atomic E-state index is -0.466. The molecule has 0 aliphatic heterocycles. The molecule has 15 heavy (non-hydrogen) atoms. The number of aliphatic hydroxyl groups is 1. The van der Waals surface area contributed by atoms with Crippen molar-refractivity contribution in [3.8, 4) is 0 Å². The van der Waals surface area contributed by atoms with E-state index in [1.165, 1.54) is 18.4 Å². The zero-order valence-corrected chi connectivity index (χ0v) is 9.66. The van der Waals surface area contributed by atoms with E-state index in [9.17, 15) is 5.11 Å². The fraction of sp³-hybridized carbons (Fsp3) is 0.429. The minimum absolute atomic E-state index is 0.466. The van der Waals surface area contributed by atoms with Gasteiger partial charge in [-0.25, -0.2) is 0 Å². The molecule has 1 nitrogen and oxygen atoms in total. The van der Waals surface area contributed by atoms with Gasteiger partial charge in [-0.05, 0) is 36.5 Å². The second-order valence-electron chi connectivity index (χ2n) is 4.00. The van der Waals surface area contributed by atoms with Gasteiger partial charge in [-0.1, -0.05) is 44.2 Å². The zero-order valence-electron chi connectivity index (χ0n) is 9.66. The van der Waals surface area contributed by atoms with Crippen LogP contribution in [0.4, 0.5) is 0 Å². The standard InChI is InChI=1S/C14H20O/c1-4-5-6-13-7-9-14(10-8-13)11(2)12(3)15/h7-10,12,15H,2,4-6H2,1,3H3. The molecule has 0 saturated carbocycles. The number of aliphatic hydroxyl groups excluding tert-OH is 1. The first-order valence-corrected chi connectivity index (χ1v) is 5.61. The van der Waals surface area contributed by atoms with Gasteiger partial charge in [-0.2, -0.15) is 0 Å². The molecule has 0 aliphatic carbocycles. The van der Waals surface area contributed by atoms with Crippen molar-refractivity contribution < 1.29 is 5.11 Å². The molecular weight excluding hydrogens is 184 g/mol. The summed E-state index contributed by atoms with van der Waals surface area (Å²) in [4.78, 5) is 0. The van der Waals surface area contributed by atoms with Crippen LogP contribution in [0.5, 0.6) is 0 Å². The lowest BCUT2D eigenvalue weighted by molar-refractivity contribution is 0.253. The third kappa shape index (κ3) is 3.52. The van der Waals surface area contributed by atoms with Gasteiger partial charge < -0.3 is 5.11 Å². The predicted molar refractivity (Wildman–Crippen MR) is 65.8 cm³/mol. The van der Waals surface area contributed by atoms with E-state index in [2.05, 4.69) is 25.6 Å². The number of aryl methyl sites for hydroxylation is 1. The molecule has 1 N–H and O–H groups in total. The fourth-order valence-electron chi connectivity index (χ4n) is 1.51. The Kier molecular flexibility index (Phi) is 4.57. The van der Waals surface area contributed by atoms with Gasteiger partial charge in [0, 0.05) is 0 Å². The van der Waals surface area contributed by atoms with Crippen LogP contribution in [0.15, 0.2) is 30.8 Å². The molecule has 1 aromatic rings. The number of unbranched alkanes of at least 4 members (excludes halogenated alkanes) is 1. The second-order valence-corrected chi connectivity index (χ2v) is 4.00. The molecule has 0 fully saturated rings. The van der Waals surface area contributed by atoms with Crippen LogP contribution in [0.2, 0.25) is 0 Å². The maximum absolute atomic E-state index is 9.39. The van der Waals surface area contributed by atoms with Gasteiger partial charge in [-0.3, -0.25) is 0 Å². The maximum atomic E-state index is 9.39. The van der Waals surface area contributed by atoms with E-state index in [1.54, 1.807) is 6.92 Å². The van der Waals surface area contributed by atoms with Gasteiger partial charge in [0.25, 0.3) is 0 Å². The quantitative estimate of drug-likeness (QED) is 0.779. The first-order chi connectivity index (χ1) is 7.15. The second kappa shape index (κ2) is 5.72. The predicted octanol–water partition coefficient (Wildman–Crippen LogP) is 3.42. The highest BCUT2D eigenvalue weighted by atomic mass is 16.3. The average molecular weight is 204 g/mol. The Hall–Kier alpha value is -1.08. The highest BCUT2D eigenvalue weighted by molar-refractivity contribution is 5.66. The molecular formula is C14H20O. The van der Waals surface area contributed by atoms with Crippen LogP contribution in [0.3, 0.4) is 0 Å². The van der Waals surface area contributed by atoms with Crippen LogP contribution in [-0.2, 0) is 6.42 Å². The maximum Gasteiger partial charge on any atom is 0.0762 e. The van der Waals surface area contributed by atoms with Crippen LogP contribution in [-0.4, -0.2) is 11.2 Å². The summed E-state index contributed by atoms with van der Waals surface area (Å²) in [7, 11) is 0. The van der Waals surface area contributed by atoms with Gasteiger partial charge in [0.2, 0.25) is 0 Å². The summed E-state index contributed by atoms with van der Waals surface area (Å²) in [5.74, 6) is 0. The number of benzene rings is 1. The van der Waals surface area contributed by atoms with E-state index in [-0.39, 0.29) is 0 Å². The molecule has 1 rings (SSSR count). The Morgan fingerprint density at radius 1 is 1.33 bits per heavy atom. The first kappa shape index (κ1) is 12.0. The van der Waals surface area contributed by atoms with Crippen LogP contribution in [0.1, 0.15) is 37.8 Å². The molecule has 0 amide bonds. The van der Waals surface area contributed by atoms with Crippen molar-refractivity contribution in [2.75, 3.05) is 0 Å². The molecule has 0 bridgehead atoms. The highest BCUT2D eigenvalue weighted by Gasteiger charge is 2.04. The van der Waals surface area contributed by atoms with Crippen molar-refractivity contribution in [1.82, 2.24) is 0 Å². The number of hydrogen-bond acceptors (Lipinski definition) is 1. The van der Waals surface area contributed by atoms with E-state index in [0.29, 0.717) is 0 Å². The van der Waals surface area contributed by atoms with Gasteiger partial charge in [0.1, 0.15) is 0 Å².